The first-order valence-electron chi connectivity index (χ1n) is 10.2. The maximum absolute atomic E-state index is 11.4. The number of aromatic nitrogens is 6. The largest absolute Gasteiger partial charge is 0.352 e. The Balaban J connectivity index is 1.87. The van der Waals surface area contributed by atoms with Gasteiger partial charge in [0.25, 0.3) is 0 Å². The van der Waals surface area contributed by atoms with E-state index in [0.29, 0.717) is 12.4 Å². The highest BCUT2D eigenvalue weighted by Gasteiger charge is 2.36. The summed E-state index contributed by atoms with van der Waals surface area (Å²) >= 11 is 0. The van der Waals surface area contributed by atoms with Crippen molar-refractivity contribution >= 4 is 11.7 Å². The Morgan fingerprint density at radius 1 is 1.27 bits per heavy atom. The zero-order chi connectivity index (χ0) is 21.4. The van der Waals surface area contributed by atoms with E-state index in [1.807, 2.05) is 19.2 Å². The van der Waals surface area contributed by atoms with Gasteiger partial charge in [0.05, 0.1) is 12.2 Å². The third kappa shape index (κ3) is 3.30. The van der Waals surface area contributed by atoms with Crippen LogP contribution in [0.1, 0.15) is 57.4 Å². The minimum Gasteiger partial charge on any atom is -0.352 e. The smallest absolute Gasteiger partial charge is 0.217 e. The molecule has 1 aliphatic rings. The molecule has 9 heteroatoms. The molecule has 0 radical (unpaired) electrons. The molecule has 30 heavy (non-hydrogen) atoms. The van der Waals surface area contributed by atoms with Gasteiger partial charge in [-0.25, -0.2) is 9.97 Å². The fourth-order valence-corrected chi connectivity index (χ4v) is 4.00. The highest BCUT2D eigenvalue weighted by atomic mass is 16.1. The topological polar surface area (TPSA) is 102 Å². The van der Waals surface area contributed by atoms with E-state index in [1.165, 1.54) is 6.92 Å². The molecule has 1 N–H and O–H groups in total. The first-order valence-corrected chi connectivity index (χ1v) is 10.2. The van der Waals surface area contributed by atoms with Crippen LogP contribution in [0.25, 0.3) is 17.1 Å². The van der Waals surface area contributed by atoms with E-state index in [4.69, 9.17) is 4.98 Å². The van der Waals surface area contributed by atoms with E-state index in [1.54, 1.807) is 12.4 Å². The first-order chi connectivity index (χ1) is 14.4. The van der Waals surface area contributed by atoms with Crippen LogP contribution in [0.4, 0.5) is 5.82 Å². The molecule has 0 bridgehead atoms. The molecular formula is C21H26N8O. The van der Waals surface area contributed by atoms with Gasteiger partial charge in [0.15, 0.2) is 17.5 Å². The van der Waals surface area contributed by atoms with Crippen LogP contribution >= 0.6 is 0 Å². The van der Waals surface area contributed by atoms with Crippen LogP contribution in [-0.2, 0) is 11.3 Å². The second-order valence-corrected chi connectivity index (χ2v) is 7.71. The molecule has 0 saturated carbocycles. The third-order valence-electron chi connectivity index (χ3n) is 5.33. The van der Waals surface area contributed by atoms with Gasteiger partial charge < -0.3 is 10.2 Å². The SMILES string of the molecule is CC[C@@H]1c2nnc(C)n2-c2cnc(-c3ccncc3CNC(C)=O)nc2N1C(C)C. The van der Waals surface area contributed by atoms with E-state index < -0.39 is 0 Å². The second-order valence-electron chi connectivity index (χ2n) is 7.71. The van der Waals surface area contributed by atoms with E-state index >= 15 is 0 Å². The van der Waals surface area contributed by atoms with Gasteiger partial charge in [0.1, 0.15) is 11.5 Å². The van der Waals surface area contributed by atoms with Crippen LogP contribution in [0.3, 0.4) is 0 Å². The lowest BCUT2D eigenvalue weighted by molar-refractivity contribution is -0.119. The second kappa shape index (κ2) is 7.81. The van der Waals surface area contributed by atoms with E-state index in [2.05, 4.69) is 55.7 Å². The molecule has 4 heterocycles. The first kappa shape index (κ1) is 19.9. The number of carbonyl (C=O) groups excluding carboxylic acids is 1. The highest BCUT2D eigenvalue weighted by Crippen LogP contribution is 2.40. The summed E-state index contributed by atoms with van der Waals surface area (Å²) in [7, 11) is 0. The van der Waals surface area contributed by atoms with Gasteiger partial charge in [0.2, 0.25) is 5.91 Å². The summed E-state index contributed by atoms with van der Waals surface area (Å²) in [6, 6.07) is 2.19. The normalized spacial score (nSPS) is 15.1. The number of nitrogens with zero attached hydrogens (tertiary/aromatic N) is 7. The zero-order valence-electron chi connectivity index (χ0n) is 17.9. The van der Waals surface area contributed by atoms with Crippen molar-refractivity contribution in [2.75, 3.05) is 4.90 Å². The molecule has 0 aliphatic carbocycles. The summed E-state index contributed by atoms with van der Waals surface area (Å²) in [6.07, 6.45) is 6.18. The lowest BCUT2D eigenvalue weighted by atomic mass is 10.1. The van der Waals surface area contributed by atoms with Gasteiger partial charge in [-0.15, -0.1) is 10.2 Å². The van der Waals surface area contributed by atoms with Crippen LogP contribution in [0.5, 0.6) is 0 Å². The van der Waals surface area contributed by atoms with Gasteiger partial charge in [-0.3, -0.25) is 14.3 Å². The molecule has 0 spiro atoms. The van der Waals surface area contributed by atoms with Crippen molar-refractivity contribution in [2.24, 2.45) is 0 Å². The van der Waals surface area contributed by atoms with Gasteiger partial charge in [0, 0.05) is 43.0 Å². The lowest BCUT2D eigenvalue weighted by Crippen LogP contribution is -2.40. The van der Waals surface area contributed by atoms with Gasteiger partial charge in [-0.05, 0) is 33.3 Å². The Morgan fingerprint density at radius 2 is 2.07 bits per heavy atom. The number of rotatable bonds is 5. The van der Waals surface area contributed by atoms with Crippen molar-refractivity contribution < 1.29 is 4.79 Å². The quantitative estimate of drug-likeness (QED) is 0.695. The number of pyridine rings is 1. The predicted molar refractivity (Wildman–Crippen MR) is 113 cm³/mol. The molecule has 1 aliphatic heterocycles. The van der Waals surface area contributed by atoms with Crippen LogP contribution in [-0.4, -0.2) is 41.7 Å². The number of anilines is 1. The standard InChI is InChI=1S/C21H26N8O/c1-6-17-21-27-26-13(4)29(21)18-11-24-19(25-20(18)28(17)12(2)3)16-7-8-22-9-15(16)10-23-14(5)30/h7-9,11-12,17H,6,10H2,1-5H3,(H,23,30)/t17-/m1/s1. The Hall–Kier alpha value is -3.36. The molecule has 3 aromatic heterocycles. The summed E-state index contributed by atoms with van der Waals surface area (Å²) in [5, 5.41) is 11.6. The molecule has 0 fully saturated rings. The lowest BCUT2D eigenvalue weighted by Gasteiger charge is -2.39. The average molecular weight is 406 g/mol. The number of carbonyl (C=O) groups is 1. The maximum Gasteiger partial charge on any atom is 0.217 e. The van der Waals surface area contributed by atoms with Crippen molar-refractivity contribution in [3.8, 4) is 17.1 Å². The van der Waals surface area contributed by atoms with Crippen LogP contribution < -0.4 is 10.2 Å². The minimum atomic E-state index is -0.0939. The van der Waals surface area contributed by atoms with E-state index in [9.17, 15) is 4.79 Å². The summed E-state index contributed by atoms with van der Waals surface area (Å²) in [5.74, 6) is 3.11. The molecule has 0 saturated heterocycles. The van der Waals surface area contributed by atoms with E-state index in [-0.39, 0.29) is 18.0 Å². The molecule has 1 amide bonds. The van der Waals surface area contributed by atoms with Crippen molar-refractivity contribution in [1.29, 1.82) is 0 Å². The Bertz CT molecular complexity index is 1090. The number of fused-ring (bicyclic) bond motifs is 3. The van der Waals surface area contributed by atoms with Gasteiger partial charge in [-0.1, -0.05) is 6.92 Å². The average Bonchev–Trinajstić information content (AvgIpc) is 3.12. The zero-order valence-corrected chi connectivity index (χ0v) is 17.9. The molecule has 3 aromatic rings. The van der Waals surface area contributed by atoms with Crippen molar-refractivity contribution in [3.05, 3.63) is 41.9 Å². The number of nitrogens with one attached hydrogen (secondary N) is 1. The summed E-state index contributed by atoms with van der Waals surface area (Å²) in [6.45, 7) is 10.3. The molecule has 1 atom stereocenters. The number of amides is 1. The molecule has 0 aromatic carbocycles. The predicted octanol–water partition coefficient (Wildman–Crippen LogP) is 2.74. The molecule has 0 unspecified atom stereocenters. The molecule has 156 valence electrons. The minimum absolute atomic E-state index is 0.0812. The van der Waals surface area contributed by atoms with Crippen LogP contribution in [0.2, 0.25) is 0 Å². The van der Waals surface area contributed by atoms with Gasteiger partial charge >= 0.3 is 0 Å². The molecule has 4 rings (SSSR count). The van der Waals surface area contributed by atoms with Crippen molar-refractivity contribution in [3.63, 3.8) is 0 Å². The fourth-order valence-electron chi connectivity index (χ4n) is 4.00. The summed E-state index contributed by atoms with van der Waals surface area (Å²) < 4.78 is 2.05. The monoisotopic (exact) mass is 406 g/mol. The highest BCUT2D eigenvalue weighted by molar-refractivity contribution is 5.73. The Labute approximate surface area is 175 Å². The fraction of sp³-hybridized carbons (Fsp3) is 0.429. The van der Waals surface area contributed by atoms with Crippen LogP contribution in [0.15, 0.2) is 24.7 Å². The van der Waals surface area contributed by atoms with Crippen molar-refractivity contribution in [2.45, 2.75) is 59.7 Å². The maximum atomic E-state index is 11.4. The number of aryl methyl sites for hydroxylation is 1. The number of hydrogen-bond donors (Lipinski definition) is 1. The molecular weight excluding hydrogens is 380 g/mol. The number of hydrogen-bond acceptors (Lipinski definition) is 7. The summed E-state index contributed by atoms with van der Waals surface area (Å²) in [5.41, 5.74) is 2.60. The summed E-state index contributed by atoms with van der Waals surface area (Å²) in [4.78, 5) is 27.5. The van der Waals surface area contributed by atoms with Crippen molar-refractivity contribution in [1.82, 2.24) is 35.0 Å². The third-order valence-corrected chi connectivity index (χ3v) is 5.33. The Morgan fingerprint density at radius 3 is 2.77 bits per heavy atom. The Kier molecular flexibility index (Phi) is 5.19. The van der Waals surface area contributed by atoms with Gasteiger partial charge in [-0.2, -0.15) is 0 Å². The van der Waals surface area contributed by atoms with E-state index in [0.717, 1.165) is 40.7 Å². The van der Waals surface area contributed by atoms with Crippen LogP contribution in [0, 0.1) is 6.92 Å². The molecule has 9 nitrogen and oxygen atoms in total.